The van der Waals surface area contributed by atoms with Gasteiger partial charge in [0.05, 0.1) is 6.04 Å². The second kappa shape index (κ2) is 6.48. The molecular weight excluding hydrogens is 258 g/mol. The van der Waals surface area contributed by atoms with Gasteiger partial charge in [0.1, 0.15) is 11.5 Å². The van der Waals surface area contributed by atoms with Gasteiger partial charge in [0.25, 0.3) is 0 Å². The molecule has 0 spiro atoms. The van der Waals surface area contributed by atoms with Crippen molar-refractivity contribution in [3.8, 4) is 0 Å². The summed E-state index contributed by atoms with van der Waals surface area (Å²) in [6, 6.07) is 6.89. The molecule has 1 atom stereocenters. The van der Waals surface area contributed by atoms with Crippen LogP contribution in [-0.2, 0) is 0 Å². The number of aryl methyl sites for hydroxylation is 4. The van der Waals surface area contributed by atoms with Gasteiger partial charge >= 0.3 is 0 Å². The highest BCUT2D eigenvalue weighted by molar-refractivity contribution is 5.44. The van der Waals surface area contributed by atoms with Gasteiger partial charge in [-0.1, -0.05) is 30.7 Å². The fourth-order valence-corrected chi connectivity index (χ4v) is 2.96. The summed E-state index contributed by atoms with van der Waals surface area (Å²) in [5, 5.41) is 3.71. The van der Waals surface area contributed by atoms with E-state index in [1.807, 2.05) is 6.92 Å². The Labute approximate surface area is 128 Å². The SMILES string of the molecule is CCCNC(c1cc(C)ccc1C)c1c(C)oc(C)c1C. The van der Waals surface area contributed by atoms with Crippen molar-refractivity contribution in [2.45, 2.75) is 54.0 Å². The second-order valence-electron chi connectivity index (χ2n) is 6.00. The minimum atomic E-state index is 0.210. The summed E-state index contributed by atoms with van der Waals surface area (Å²) in [7, 11) is 0. The molecule has 1 aromatic heterocycles. The van der Waals surface area contributed by atoms with Crippen molar-refractivity contribution in [2.24, 2.45) is 0 Å². The van der Waals surface area contributed by atoms with Gasteiger partial charge in [0.15, 0.2) is 0 Å². The third-order valence-corrected chi connectivity index (χ3v) is 4.25. The predicted octanol–water partition coefficient (Wildman–Crippen LogP) is 4.91. The van der Waals surface area contributed by atoms with E-state index in [-0.39, 0.29) is 6.04 Å². The molecule has 2 heteroatoms. The highest BCUT2D eigenvalue weighted by atomic mass is 16.3. The summed E-state index contributed by atoms with van der Waals surface area (Å²) in [5.74, 6) is 2.05. The third-order valence-electron chi connectivity index (χ3n) is 4.25. The fourth-order valence-electron chi connectivity index (χ4n) is 2.96. The smallest absolute Gasteiger partial charge is 0.106 e. The first-order valence-corrected chi connectivity index (χ1v) is 7.82. The summed E-state index contributed by atoms with van der Waals surface area (Å²) in [6.07, 6.45) is 1.12. The van der Waals surface area contributed by atoms with Crippen LogP contribution in [0.1, 0.15) is 58.7 Å². The molecule has 0 aliphatic carbocycles. The average Bonchev–Trinajstić information content (AvgIpc) is 2.69. The summed E-state index contributed by atoms with van der Waals surface area (Å²) < 4.78 is 5.86. The van der Waals surface area contributed by atoms with E-state index in [1.165, 1.54) is 27.8 Å². The van der Waals surface area contributed by atoms with Gasteiger partial charge in [0.2, 0.25) is 0 Å². The minimum Gasteiger partial charge on any atom is -0.466 e. The highest BCUT2D eigenvalue weighted by Gasteiger charge is 2.23. The van der Waals surface area contributed by atoms with Crippen LogP contribution in [-0.4, -0.2) is 6.54 Å². The van der Waals surface area contributed by atoms with Crippen LogP contribution >= 0.6 is 0 Å². The van der Waals surface area contributed by atoms with Gasteiger partial charge < -0.3 is 9.73 Å². The topological polar surface area (TPSA) is 25.2 Å². The lowest BCUT2D eigenvalue weighted by Gasteiger charge is -2.22. The predicted molar refractivity (Wildman–Crippen MR) is 89.0 cm³/mol. The summed E-state index contributed by atoms with van der Waals surface area (Å²) in [4.78, 5) is 0. The van der Waals surface area contributed by atoms with Crippen molar-refractivity contribution in [3.63, 3.8) is 0 Å². The van der Waals surface area contributed by atoms with Gasteiger partial charge in [-0.15, -0.1) is 0 Å². The number of furan rings is 1. The molecule has 1 aromatic carbocycles. The van der Waals surface area contributed by atoms with Crippen LogP contribution in [0.3, 0.4) is 0 Å². The van der Waals surface area contributed by atoms with Crippen LogP contribution in [0.2, 0.25) is 0 Å². The van der Waals surface area contributed by atoms with E-state index in [0.29, 0.717) is 0 Å². The highest BCUT2D eigenvalue weighted by Crippen LogP contribution is 2.33. The van der Waals surface area contributed by atoms with E-state index < -0.39 is 0 Å². The average molecular weight is 285 g/mol. The van der Waals surface area contributed by atoms with Crippen molar-refractivity contribution in [2.75, 3.05) is 6.54 Å². The van der Waals surface area contributed by atoms with E-state index in [9.17, 15) is 0 Å². The van der Waals surface area contributed by atoms with E-state index in [4.69, 9.17) is 4.42 Å². The third kappa shape index (κ3) is 3.21. The number of rotatable bonds is 5. The molecule has 2 rings (SSSR count). The standard InChI is InChI=1S/C19H27NO/c1-7-10-20-19(17-11-12(2)8-9-13(17)3)18-14(4)15(5)21-16(18)6/h8-9,11,19-20H,7,10H2,1-6H3. The number of hydrogen-bond acceptors (Lipinski definition) is 2. The zero-order valence-corrected chi connectivity index (χ0v) is 14.1. The quantitative estimate of drug-likeness (QED) is 0.844. The Hall–Kier alpha value is -1.54. The lowest BCUT2D eigenvalue weighted by Crippen LogP contribution is -2.25. The summed E-state index contributed by atoms with van der Waals surface area (Å²) in [6.45, 7) is 13.8. The van der Waals surface area contributed by atoms with E-state index in [0.717, 1.165) is 24.5 Å². The molecule has 2 nitrogen and oxygen atoms in total. The van der Waals surface area contributed by atoms with Crippen LogP contribution in [0.5, 0.6) is 0 Å². The molecule has 0 radical (unpaired) electrons. The normalized spacial score (nSPS) is 12.7. The first-order chi connectivity index (χ1) is 9.95. The van der Waals surface area contributed by atoms with Crippen molar-refractivity contribution < 1.29 is 4.42 Å². The molecule has 0 aliphatic rings. The number of benzene rings is 1. The molecule has 1 unspecified atom stereocenters. The Morgan fingerprint density at radius 2 is 1.76 bits per heavy atom. The van der Waals surface area contributed by atoms with Crippen LogP contribution in [0.25, 0.3) is 0 Å². The van der Waals surface area contributed by atoms with E-state index in [1.54, 1.807) is 0 Å². The van der Waals surface area contributed by atoms with Crippen LogP contribution in [0, 0.1) is 34.6 Å². The zero-order chi connectivity index (χ0) is 15.6. The van der Waals surface area contributed by atoms with Crippen LogP contribution < -0.4 is 5.32 Å². The first kappa shape index (κ1) is 15.8. The monoisotopic (exact) mass is 285 g/mol. The first-order valence-electron chi connectivity index (χ1n) is 7.82. The van der Waals surface area contributed by atoms with Gasteiger partial charge in [0, 0.05) is 5.56 Å². The zero-order valence-electron chi connectivity index (χ0n) is 14.1. The molecule has 0 saturated carbocycles. The van der Waals surface area contributed by atoms with Crippen LogP contribution in [0.4, 0.5) is 0 Å². The molecule has 0 saturated heterocycles. The molecule has 0 fully saturated rings. The molecule has 0 amide bonds. The van der Waals surface area contributed by atoms with Gasteiger partial charge in [-0.3, -0.25) is 0 Å². The van der Waals surface area contributed by atoms with Crippen molar-refractivity contribution in [1.29, 1.82) is 0 Å². The Bertz CT molecular complexity index is 625. The molecule has 0 bridgehead atoms. The van der Waals surface area contributed by atoms with Crippen molar-refractivity contribution in [1.82, 2.24) is 5.32 Å². The second-order valence-corrected chi connectivity index (χ2v) is 6.00. The number of hydrogen-bond donors (Lipinski definition) is 1. The number of nitrogens with one attached hydrogen (secondary N) is 1. The lowest BCUT2D eigenvalue weighted by atomic mass is 9.91. The molecule has 1 heterocycles. The lowest BCUT2D eigenvalue weighted by molar-refractivity contribution is 0.492. The molecule has 2 aromatic rings. The maximum absolute atomic E-state index is 5.86. The van der Waals surface area contributed by atoms with Crippen LogP contribution in [0.15, 0.2) is 22.6 Å². The summed E-state index contributed by atoms with van der Waals surface area (Å²) >= 11 is 0. The van der Waals surface area contributed by atoms with E-state index in [2.05, 4.69) is 58.1 Å². The Morgan fingerprint density at radius 3 is 2.33 bits per heavy atom. The molecule has 21 heavy (non-hydrogen) atoms. The largest absolute Gasteiger partial charge is 0.466 e. The fraction of sp³-hybridized carbons (Fsp3) is 0.474. The van der Waals surface area contributed by atoms with Crippen molar-refractivity contribution >= 4 is 0 Å². The summed E-state index contributed by atoms with van der Waals surface area (Å²) in [5.41, 5.74) is 6.55. The molecule has 1 N–H and O–H groups in total. The van der Waals surface area contributed by atoms with E-state index >= 15 is 0 Å². The Kier molecular flexibility index (Phi) is 4.89. The Morgan fingerprint density at radius 1 is 1.05 bits per heavy atom. The van der Waals surface area contributed by atoms with Crippen molar-refractivity contribution in [3.05, 3.63) is 57.5 Å². The Balaban J connectivity index is 2.55. The van der Waals surface area contributed by atoms with Gasteiger partial charge in [-0.25, -0.2) is 0 Å². The van der Waals surface area contributed by atoms with Gasteiger partial charge in [-0.2, -0.15) is 0 Å². The molecule has 114 valence electrons. The molecular formula is C19H27NO. The maximum Gasteiger partial charge on any atom is 0.106 e. The van der Waals surface area contributed by atoms with Gasteiger partial charge in [-0.05, 0) is 64.3 Å². The molecule has 0 aliphatic heterocycles. The maximum atomic E-state index is 5.86. The minimum absolute atomic E-state index is 0.210.